The van der Waals surface area contributed by atoms with Crippen molar-refractivity contribution in [1.82, 2.24) is 0 Å². The van der Waals surface area contributed by atoms with Gasteiger partial charge < -0.3 is 5.73 Å². The Balaban J connectivity index is 2.47. The first-order valence-corrected chi connectivity index (χ1v) is 6.72. The van der Waals surface area contributed by atoms with E-state index in [4.69, 9.17) is 5.73 Å². The fourth-order valence-corrected chi connectivity index (χ4v) is 4.20. The molecule has 14 heavy (non-hydrogen) atoms. The molecule has 1 aliphatic rings. The van der Waals surface area contributed by atoms with Gasteiger partial charge >= 0.3 is 0 Å². The maximum Gasteiger partial charge on any atom is 0.0480 e. The van der Waals surface area contributed by atoms with Gasteiger partial charge in [-0.3, -0.25) is 0 Å². The summed E-state index contributed by atoms with van der Waals surface area (Å²) < 4.78 is 1.18. The Hall–Kier alpha value is 0.140. The van der Waals surface area contributed by atoms with Crippen molar-refractivity contribution in [3.63, 3.8) is 0 Å². The van der Waals surface area contributed by atoms with Gasteiger partial charge in [0.05, 0.1) is 0 Å². The summed E-state index contributed by atoms with van der Waals surface area (Å²) in [6.45, 7) is 4.56. The fourth-order valence-electron chi connectivity index (χ4n) is 2.47. The Kier molecular flexibility index (Phi) is 2.53. The van der Waals surface area contributed by atoms with Crippen molar-refractivity contribution in [3.8, 4) is 0 Å². The zero-order chi connectivity index (χ0) is 10.4. The van der Waals surface area contributed by atoms with Gasteiger partial charge in [-0.2, -0.15) is 11.3 Å². The van der Waals surface area contributed by atoms with Crippen molar-refractivity contribution in [2.45, 2.75) is 38.6 Å². The van der Waals surface area contributed by atoms with Crippen LogP contribution in [0.5, 0.6) is 0 Å². The van der Waals surface area contributed by atoms with E-state index >= 15 is 0 Å². The van der Waals surface area contributed by atoms with Gasteiger partial charge in [-0.25, -0.2) is 0 Å². The lowest BCUT2D eigenvalue weighted by Crippen LogP contribution is -2.45. The van der Waals surface area contributed by atoms with Crippen LogP contribution in [-0.2, 0) is 5.54 Å². The minimum atomic E-state index is -0.133. The summed E-state index contributed by atoms with van der Waals surface area (Å²) in [6.07, 6.45) is 3.58. The fraction of sp³-hybridized carbons (Fsp3) is 0.636. The van der Waals surface area contributed by atoms with Gasteiger partial charge in [0.25, 0.3) is 0 Å². The van der Waals surface area contributed by atoms with Crippen LogP contribution in [0.1, 0.15) is 38.7 Å². The molecule has 78 valence electrons. The van der Waals surface area contributed by atoms with Crippen molar-refractivity contribution in [2.75, 3.05) is 0 Å². The predicted octanol–water partition coefficient (Wildman–Crippen LogP) is 3.87. The van der Waals surface area contributed by atoms with Crippen molar-refractivity contribution in [3.05, 3.63) is 20.8 Å². The van der Waals surface area contributed by atoms with Crippen LogP contribution in [0.2, 0.25) is 0 Å². The lowest BCUT2D eigenvalue weighted by molar-refractivity contribution is 0.210. The SMILES string of the molecule is CC1(C)CCCC1(N)c1cscc1Br. The van der Waals surface area contributed by atoms with Gasteiger partial charge in [-0.15, -0.1) is 0 Å². The molecule has 0 saturated heterocycles. The average molecular weight is 274 g/mol. The van der Waals surface area contributed by atoms with Gasteiger partial charge in [0.1, 0.15) is 0 Å². The molecule has 1 aliphatic carbocycles. The first-order valence-electron chi connectivity index (χ1n) is 4.98. The molecule has 0 aliphatic heterocycles. The van der Waals surface area contributed by atoms with E-state index in [0.29, 0.717) is 0 Å². The van der Waals surface area contributed by atoms with Crippen LogP contribution in [0.25, 0.3) is 0 Å². The van der Waals surface area contributed by atoms with E-state index < -0.39 is 0 Å². The molecule has 0 bridgehead atoms. The van der Waals surface area contributed by atoms with Crippen molar-refractivity contribution < 1.29 is 0 Å². The van der Waals surface area contributed by atoms with Crippen LogP contribution in [0.4, 0.5) is 0 Å². The Morgan fingerprint density at radius 1 is 1.36 bits per heavy atom. The summed E-state index contributed by atoms with van der Waals surface area (Å²) >= 11 is 5.32. The van der Waals surface area contributed by atoms with Crippen molar-refractivity contribution >= 4 is 27.3 Å². The molecule has 0 amide bonds. The highest BCUT2D eigenvalue weighted by atomic mass is 79.9. The highest BCUT2D eigenvalue weighted by molar-refractivity contribution is 9.10. The van der Waals surface area contributed by atoms with Crippen LogP contribution in [-0.4, -0.2) is 0 Å². The number of halogens is 1. The molecule has 1 heterocycles. The Bertz CT molecular complexity index is 345. The van der Waals surface area contributed by atoms with Crippen LogP contribution >= 0.6 is 27.3 Å². The number of hydrogen-bond donors (Lipinski definition) is 1. The molecule has 2 N–H and O–H groups in total. The van der Waals surface area contributed by atoms with E-state index in [1.807, 2.05) is 0 Å². The zero-order valence-corrected chi connectivity index (χ0v) is 11.0. The monoisotopic (exact) mass is 273 g/mol. The highest BCUT2D eigenvalue weighted by Gasteiger charge is 2.47. The van der Waals surface area contributed by atoms with E-state index in [2.05, 4.69) is 40.5 Å². The molecular formula is C11H16BrNS. The Labute approximate surface area is 97.8 Å². The normalized spacial score (nSPS) is 30.9. The highest BCUT2D eigenvalue weighted by Crippen LogP contribution is 2.52. The minimum absolute atomic E-state index is 0.133. The topological polar surface area (TPSA) is 26.0 Å². The van der Waals surface area contributed by atoms with E-state index in [9.17, 15) is 0 Å². The lowest BCUT2D eigenvalue weighted by Gasteiger charge is -2.38. The molecule has 1 unspecified atom stereocenters. The van der Waals surface area contributed by atoms with Crippen molar-refractivity contribution in [2.24, 2.45) is 11.1 Å². The summed E-state index contributed by atoms with van der Waals surface area (Å²) in [7, 11) is 0. The molecule has 0 spiro atoms. The minimum Gasteiger partial charge on any atom is -0.321 e. The maximum absolute atomic E-state index is 6.58. The molecule has 1 fully saturated rings. The summed E-state index contributed by atoms with van der Waals surface area (Å²) in [6, 6.07) is 0. The summed E-state index contributed by atoms with van der Waals surface area (Å²) in [5.74, 6) is 0. The smallest absolute Gasteiger partial charge is 0.0480 e. The molecule has 1 nitrogen and oxygen atoms in total. The maximum atomic E-state index is 6.58. The number of rotatable bonds is 1. The van der Waals surface area contributed by atoms with Crippen LogP contribution in [0.3, 0.4) is 0 Å². The quantitative estimate of drug-likeness (QED) is 0.826. The standard InChI is InChI=1S/C11H16BrNS/c1-10(2)4-3-5-11(10,13)8-6-14-7-9(8)12/h6-7H,3-5,13H2,1-2H3. The summed E-state index contributed by atoms with van der Waals surface area (Å²) in [4.78, 5) is 0. The van der Waals surface area contributed by atoms with Gasteiger partial charge in [0, 0.05) is 15.4 Å². The average Bonchev–Trinajstić information content (AvgIpc) is 2.59. The molecular weight excluding hydrogens is 258 g/mol. The number of hydrogen-bond acceptors (Lipinski definition) is 2. The first-order chi connectivity index (χ1) is 6.47. The summed E-state index contributed by atoms with van der Waals surface area (Å²) in [5, 5.41) is 4.31. The molecule has 3 heteroatoms. The van der Waals surface area contributed by atoms with Gasteiger partial charge in [-0.1, -0.05) is 20.3 Å². The number of nitrogens with two attached hydrogens (primary N) is 1. The van der Waals surface area contributed by atoms with Crippen LogP contribution in [0, 0.1) is 5.41 Å². The third-order valence-electron chi connectivity index (χ3n) is 3.68. The third-order valence-corrected chi connectivity index (χ3v) is 5.38. The lowest BCUT2D eigenvalue weighted by atomic mass is 9.72. The molecule has 2 rings (SSSR count). The van der Waals surface area contributed by atoms with Crippen molar-refractivity contribution in [1.29, 1.82) is 0 Å². The van der Waals surface area contributed by atoms with Gasteiger partial charge in [0.15, 0.2) is 0 Å². The van der Waals surface area contributed by atoms with E-state index in [-0.39, 0.29) is 11.0 Å². The third kappa shape index (κ3) is 1.37. The van der Waals surface area contributed by atoms with E-state index in [1.165, 1.54) is 22.9 Å². The molecule has 0 aromatic carbocycles. The van der Waals surface area contributed by atoms with E-state index in [1.54, 1.807) is 11.3 Å². The Morgan fingerprint density at radius 3 is 2.50 bits per heavy atom. The number of thiophene rings is 1. The second-order valence-corrected chi connectivity index (χ2v) is 6.44. The largest absolute Gasteiger partial charge is 0.321 e. The molecule has 0 radical (unpaired) electrons. The first kappa shape index (κ1) is 10.7. The molecule has 1 aromatic heterocycles. The predicted molar refractivity (Wildman–Crippen MR) is 65.5 cm³/mol. The second-order valence-electron chi connectivity index (χ2n) is 4.84. The Morgan fingerprint density at radius 2 is 2.07 bits per heavy atom. The van der Waals surface area contributed by atoms with E-state index in [0.717, 1.165) is 6.42 Å². The van der Waals surface area contributed by atoms with Gasteiger partial charge in [-0.05, 0) is 45.1 Å². The second kappa shape index (κ2) is 3.32. The van der Waals surface area contributed by atoms with Crippen LogP contribution in [0.15, 0.2) is 15.2 Å². The molecule has 1 atom stereocenters. The molecule has 1 saturated carbocycles. The molecule has 1 aromatic rings. The van der Waals surface area contributed by atoms with Crippen LogP contribution < -0.4 is 5.73 Å². The summed E-state index contributed by atoms with van der Waals surface area (Å²) in [5.41, 5.74) is 7.96. The van der Waals surface area contributed by atoms with Gasteiger partial charge in [0.2, 0.25) is 0 Å². The zero-order valence-electron chi connectivity index (χ0n) is 8.64.